The first-order valence-corrected chi connectivity index (χ1v) is 15.7. The second-order valence-corrected chi connectivity index (χ2v) is 11.9. The highest BCUT2D eigenvalue weighted by atomic mass is 16.7. The number of anilines is 1. The SMILES string of the molecule is CCOC(=O)CNC(=O)Nc1ccc(C2OC(CN3CCCC3CN3CCCC3)C(C)C(c3ccc(CO)cc3)O2)cc1. The van der Waals surface area contributed by atoms with Crippen molar-refractivity contribution < 1.29 is 28.9 Å². The van der Waals surface area contributed by atoms with E-state index in [1.807, 2.05) is 36.4 Å². The Morgan fingerprint density at radius 2 is 1.67 bits per heavy atom. The van der Waals surface area contributed by atoms with Crippen LogP contribution in [-0.4, -0.2) is 84.9 Å². The molecule has 0 aromatic heterocycles. The predicted octanol–water partition coefficient (Wildman–Crippen LogP) is 4.22. The molecule has 5 unspecified atom stereocenters. The van der Waals surface area contributed by atoms with Gasteiger partial charge in [-0.2, -0.15) is 0 Å². The van der Waals surface area contributed by atoms with E-state index in [2.05, 4.69) is 27.4 Å². The van der Waals surface area contributed by atoms with Crippen molar-refractivity contribution >= 4 is 17.7 Å². The third kappa shape index (κ3) is 8.33. The largest absolute Gasteiger partial charge is 0.465 e. The lowest BCUT2D eigenvalue weighted by Crippen LogP contribution is -2.48. The summed E-state index contributed by atoms with van der Waals surface area (Å²) in [6, 6.07) is 15.5. The molecule has 3 aliphatic heterocycles. The van der Waals surface area contributed by atoms with Crippen molar-refractivity contribution in [3.05, 3.63) is 65.2 Å². The Morgan fingerprint density at radius 1 is 0.953 bits per heavy atom. The summed E-state index contributed by atoms with van der Waals surface area (Å²) in [4.78, 5) is 29.0. The van der Waals surface area contributed by atoms with E-state index in [1.165, 1.54) is 38.8 Å². The van der Waals surface area contributed by atoms with Gasteiger partial charge in [0.2, 0.25) is 0 Å². The number of hydrogen-bond donors (Lipinski definition) is 3. The first-order valence-electron chi connectivity index (χ1n) is 15.7. The maximum atomic E-state index is 12.2. The van der Waals surface area contributed by atoms with Crippen LogP contribution in [0.5, 0.6) is 0 Å². The molecule has 2 aromatic rings. The maximum Gasteiger partial charge on any atom is 0.325 e. The molecular formula is C33H46N4O6. The van der Waals surface area contributed by atoms with Crippen LogP contribution in [0.4, 0.5) is 10.5 Å². The van der Waals surface area contributed by atoms with Gasteiger partial charge in [-0.1, -0.05) is 43.3 Å². The molecule has 3 aliphatic rings. The van der Waals surface area contributed by atoms with Crippen molar-refractivity contribution in [1.29, 1.82) is 0 Å². The van der Waals surface area contributed by atoms with Gasteiger partial charge in [-0.05, 0) is 75.5 Å². The molecule has 5 rings (SSSR count). The summed E-state index contributed by atoms with van der Waals surface area (Å²) in [7, 11) is 0. The van der Waals surface area contributed by atoms with E-state index in [9.17, 15) is 14.7 Å². The number of benzene rings is 2. The van der Waals surface area contributed by atoms with Crippen molar-refractivity contribution in [3.63, 3.8) is 0 Å². The second kappa shape index (κ2) is 15.1. The summed E-state index contributed by atoms with van der Waals surface area (Å²) in [6.07, 6.45) is 4.26. The standard InChI is InChI=1S/C33H46N4O6/c1-3-41-30(39)19-34-33(40)35-27-14-12-26(13-15-27)32-42-29(21-37-18-6-7-28(37)20-36-16-4-5-17-36)23(2)31(43-32)25-10-8-24(22-38)9-11-25/h8-15,23,28-29,31-32,38H,3-7,16-22H2,1-2H3,(H2,34,35,40). The molecule has 0 spiro atoms. The number of likely N-dealkylation sites (tertiary alicyclic amines) is 2. The average molecular weight is 595 g/mol. The third-order valence-electron chi connectivity index (χ3n) is 8.84. The van der Waals surface area contributed by atoms with Gasteiger partial charge in [-0.25, -0.2) is 4.79 Å². The minimum atomic E-state index is -0.574. The van der Waals surface area contributed by atoms with Crippen LogP contribution in [0.2, 0.25) is 0 Å². The summed E-state index contributed by atoms with van der Waals surface area (Å²) in [5.74, 6) is -0.367. The number of ether oxygens (including phenoxy) is 3. The number of esters is 1. The Morgan fingerprint density at radius 3 is 2.37 bits per heavy atom. The quantitative estimate of drug-likeness (QED) is 0.332. The molecule has 2 aromatic carbocycles. The van der Waals surface area contributed by atoms with Gasteiger partial charge in [0.15, 0.2) is 6.29 Å². The molecule has 3 fully saturated rings. The lowest BCUT2D eigenvalue weighted by molar-refractivity contribution is -0.276. The molecule has 3 N–H and O–H groups in total. The Bertz CT molecular complexity index is 1190. The van der Waals surface area contributed by atoms with Crippen LogP contribution in [0, 0.1) is 5.92 Å². The minimum Gasteiger partial charge on any atom is -0.465 e. The van der Waals surface area contributed by atoms with Gasteiger partial charge in [-0.3, -0.25) is 9.69 Å². The summed E-state index contributed by atoms with van der Waals surface area (Å²) >= 11 is 0. The number of nitrogens with zero attached hydrogens (tertiary/aromatic N) is 2. The van der Waals surface area contributed by atoms with Crippen LogP contribution in [0.3, 0.4) is 0 Å². The number of rotatable bonds is 11. The molecule has 3 saturated heterocycles. The second-order valence-electron chi connectivity index (χ2n) is 11.9. The number of urea groups is 1. The lowest BCUT2D eigenvalue weighted by atomic mass is 9.90. The van der Waals surface area contributed by atoms with Crippen molar-refractivity contribution in [2.75, 3.05) is 51.2 Å². The molecule has 10 heteroatoms. The van der Waals surface area contributed by atoms with E-state index in [-0.39, 0.29) is 37.9 Å². The highest BCUT2D eigenvalue weighted by molar-refractivity contribution is 5.91. The molecule has 0 saturated carbocycles. The zero-order chi connectivity index (χ0) is 30.2. The van der Waals surface area contributed by atoms with Crippen LogP contribution in [0.25, 0.3) is 0 Å². The number of aliphatic hydroxyl groups excluding tert-OH is 1. The first kappa shape index (κ1) is 31.4. The summed E-state index contributed by atoms with van der Waals surface area (Å²) < 4.78 is 18.2. The van der Waals surface area contributed by atoms with E-state index in [0.29, 0.717) is 11.7 Å². The van der Waals surface area contributed by atoms with Gasteiger partial charge in [-0.15, -0.1) is 0 Å². The lowest BCUT2D eigenvalue weighted by Gasteiger charge is -2.43. The van der Waals surface area contributed by atoms with Gasteiger partial charge >= 0.3 is 12.0 Å². The highest BCUT2D eigenvalue weighted by Crippen LogP contribution is 2.42. The number of nitrogens with one attached hydrogen (secondary N) is 2. The Hall–Kier alpha value is -3.02. The van der Waals surface area contributed by atoms with Gasteiger partial charge < -0.3 is 34.9 Å². The van der Waals surface area contributed by atoms with Crippen LogP contribution < -0.4 is 10.6 Å². The summed E-state index contributed by atoms with van der Waals surface area (Å²) in [5.41, 5.74) is 3.38. The molecule has 234 valence electrons. The van der Waals surface area contributed by atoms with Gasteiger partial charge in [0, 0.05) is 36.3 Å². The number of amides is 2. The summed E-state index contributed by atoms with van der Waals surface area (Å²) in [6.45, 7) is 9.49. The van der Waals surface area contributed by atoms with Crippen molar-refractivity contribution in [3.8, 4) is 0 Å². The Labute approximate surface area is 254 Å². The number of carbonyl (C=O) groups is 2. The Balaban J connectivity index is 1.28. The van der Waals surface area contributed by atoms with E-state index in [0.717, 1.165) is 36.3 Å². The van der Waals surface area contributed by atoms with E-state index < -0.39 is 18.3 Å². The smallest absolute Gasteiger partial charge is 0.325 e. The van der Waals surface area contributed by atoms with E-state index in [4.69, 9.17) is 14.2 Å². The van der Waals surface area contributed by atoms with Crippen LogP contribution in [0.1, 0.15) is 68.6 Å². The first-order chi connectivity index (χ1) is 20.9. The van der Waals surface area contributed by atoms with Crippen LogP contribution >= 0.6 is 0 Å². The zero-order valence-electron chi connectivity index (χ0n) is 25.4. The van der Waals surface area contributed by atoms with E-state index >= 15 is 0 Å². The topological polar surface area (TPSA) is 113 Å². The molecule has 3 heterocycles. The number of carbonyl (C=O) groups excluding carboxylic acids is 2. The molecule has 5 atom stereocenters. The fraction of sp³-hybridized carbons (Fsp3) is 0.576. The predicted molar refractivity (Wildman–Crippen MR) is 163 cm³/mol. The van der Waals surface area contributed by atoms with E-state index in [1.54, 1.807) is 19.1 Å². The third-order valence-corrected chi connectivity index (χ3v) is 8.84. The molecule has 0 aliphatic carbocycles. The highest BCUT2D eigenvalue weighted by Gasteiger charge is 2.40. The van der Waals surface area contributed by atoms with Gasteiger partial charge in [0.05, 0.1) is 25.4 Å². The van der Waals surface area contributed by atoms with Gasteiger partial charge in [0.25, 0.3) is 0 Å². The molecule has 43 heavy (non-hydrogen) atoms. The fourth-order valence-electron chi connectivity index (χ4n) is 6.43. The molecule has 10 nitrogen and oxygen atoms in total. The maximum absolute atomic E-state index is 12.2. The summed E-state index contributed by atoms with van der Waals surface area (Å²) in [5, 5.41) is 14.8. The molecule has 2 amide bonds. The normalized spacial score (nSPS) is 26.3. The fourth-order valence-corrected chi connectivity index (χ4v) is 6.43. The molecular weight excluding hydrogens is 548 g/mol. The van der Waals surface area contributed by atoms with Crippen molar-refractivity contribution in [1.82, 2.24) is 15.1 Å². The molecule has 0 bridgehead atoms. The Kier molecular flexibility index (Phi) is 11.0. The van der Waals surface area contributed by atoms with Gasteiger partial charge in [0.1, 0.15) is 6.54 Å². The van der Waals surface area contributed by atoms with Crippen LogP contribution in [-0.2, 0) is 25.6 Å². The number of hydrogen-bond acceptors (Lipinski definition) is 8. The van der Waals surface area contributed by atoms with Crippen LogP contribution in [0.15, 0.2) is 48.5 Å². The average Bonchev–Trinajstić information content (AvgIpc) is 3.70. The van der Waals surface area contributed by atoms with Crippen molar-refractivity contribution in [2.24, 2.45) is 5.92 Å². The molecule has 0 radical (unpaired) electrons. The monoisotopic (exact) mass is 594 g/mol. The van der Waals surface area contributed by atoms with Crippen molar-refractivity contribution in [2.45, 2.75) is 70.7 Å². The number of aliphatic hydroxyl groups is 1. The minimum absolute atomic E-state index is 0.00428. The zero-order valence-corrected chi connectivity index (χ0v) is 25.4.